The van der Waals surface area contributed by atoms with Gasteiger partial charge in [-0.05, 0) is 12.0 Å². The summed E-state index contributed by atoms with van der Waals surface area (Å²) in [5, 5.41) is 3.32. The van der Waals surface area contributed by atoms with Gasteiger partial charge in [0.1, 0.15) is 5.82 Å². The van der Waals surface area contributed by atoms with Gasteiger partial charge in [-0.3, -0.25) is 9.69 Å². The fourth-order valence-electron chi connectivity index (χ4n) is 2.59. The minimum atomic E-state index is -0.123. The molecule has 5 heteroatoms. The highest BCUT2D eigenvalue weighted by atomic mass is 16.1. The van der Waals surface area contributed by atoms with E-state index in [1.807, 2.05) is 6.07 Å². The maximum atomic E-state index is 11.2. The van der Waals surface area contributed by atoms with Gasteiger partial charge in [0.2, 0.25) is 0 Å². The number of hydrogen-bond donors (Lipinski definition) is 2. The Morgan fingerprint density at radius 2 is 2.20 bits per heavy atom. The van der Waals surface area contributed by atoms with Gasteiger partial charge >= 0.3 is 0 Å². The largest absolute Gasteiger partial charge is 0.366 e. The first-order valence-electron chi connectivity index (χ1n) is 6.87. The first-order valence-corrected chi connectivity index (χ1v) is 6.87. The van der Waals surface area contributed by atoms with Crippen LogP contribution in [-0.4, -0.2) is 34.0 Å². The summed E-state index contributed by atoms with van der Waals surface area (Å²) in [5.41, 5.74) is 1.21. The van der Waals surface area contributed by atoms with E-state index in [1.165, 1.54) is 18.0 Å². The zero-order valence-corrected chi connectivity index (χ0v) is 11.2. The lowest BCUT2D eigenvalue weighted by Crippen LogP contribution is -2.26. The highest BCUT2D eigenvalue weighted by Gasteiger charge is 2.22. The summed E-state index contributed by atoms with van der Waals surface area (Å²) in [6, 6.07) is 12.3. The SMILES string of the molecule is O=c1cc(NC2CCN(Cc3ccccc3)C2)nc[nH]1. The second-order valence-corrected chi connectivity index (χ2v) is 5.15. The van der Waals surface area contributed by atoms with Gasteiger partial charge in [-0.2, -0.15) is 0 Å². The number of anilines is 1. The lowest BCUT2D eigenvalue weighted by atomic mass is 10.2. The highest BCUT2D eigenvalue weighted by Crippen LogP contribution is 2.16. The number of likely N-dealkylation sites (tertiary alicyclic amines) is 1. The van der Waals surface area contributed by atoms with E-state index in [0.29, 0.717) is 11.9 Å². The summed E-state index contributed by atoms with van der Waals surface area (Å²) >= 11 is 0. The van der Waals surface area contributed by atoms with Crippen molar-refractivity contribution in [3.63, 3.8) is 0 Å². The average molecular weight is 270 g/mol. The van der Waals surface area contributed by atoms with Crippen LogP contribution in [0.15, 0.2) is 47.5 Å². The van der Waals surface area contributed by atoms with Crippen LogP contribution in [0.4, 0.5) is 5.82 Å². The minimum absolute atomic E-state index is 0.123. The standard InChI is InChI=1S/C15H18N4O/c20-15-8-14(16-11-17-15)18-13-6-7-19(10-13)9-12-4-2-1-3-5-12/h1-5,8,11,13H,6-7,9-10H2,(H2,16,17,18,20). The van der Waals surface area contributed by atoms with Gasteiger partial charge in [-0.25, -0.2) is 4.98 Å². The molecular formula is C15H18N4O. The quantitative estimate of drug-likeness (QED) is 0.883. The maximum Gasteiger partial charge on any atom is 0.252 e. The summed E-state index contributed by atoms with van der Waals surface area (Å²) in [6.45, 7) is 3.01. The third-order valence-electron chi connectivity index (χ3n) is 3.55. The molecule has 2 aromatic rings. The number of benzene rings is 1. The molecule has 0 amide bonds. The Morgan fingerprint density at radius 1 is 1.35 bits per heavy atom. The predicted molar refractivity (Wildman–Crippen MR) is 78.6 cm³/mol. The Bertz CT molecular complexity index is 611. The summed E-state index contributed by atoms with van der Waals surface area (Å²) in [4.78, 5) is 20.3. The Balaban J connectivity index is 1.56. The van der Waals surface area contributed by atoms with Gasteiger partial charge < -0.3 is 10.3 Å². The van der Waals surface area contributed by atoms with Crippen LogP contribution >= 0.6 is 0 Å². The smallest absolute Gasteiger partial charge is 0.252 e. The first-order chi connectivity index (χ1) is 9.79. The van der Waals surface area contributed by atoms with Crippen LogP contribution in [0, 0.1) is 0 Å². The average Bonchev–Trinajstić information content (AvgIpc) is 2.87. The Kier molecular flexibility index (Phi) is 3.78. The molecule has 1 saturated heterocycles. The van der Waals surface area contributed by atoms with E-state index >= 15 is 0 Å². The highest BCUT2D eigenvalue weighted by molar-refractivity contribution is 5.33. The van der Waals surface area contributed by atoms with Gasteiger partial charge in [0, 0.05) is 31.7 Å². The van der Waals surface area contributed by atoms with Gasteiger partial charge in [-0.15, -0.1) is 0 Å². The lowest BCUT2D eigenvalue weighted by molar-refractivity contribution is 0.328. The fourth-order valence-corrected chi connectivity index (χ4v) is 2.59. The second-order valence-electron chi connectivity index (χ2n) is 5.15. The molecule has 20 heavy (non-hydrogen) atoms. The molecule has 0 saturated carbocycles. The molecule has 5 nitrogen and oxygen atoms in total. The van der Waals surface area contributed by atoms with E-state index < -0.39 is 0 Å². The van der Waals surface area contributed by atoms with Crippen molar-refractivity contribution in [1.82, 2.24) is 14.9 Å². The van der Waals surface area contributed by atoms with E-state index in [0.717, 1.165) is 26.1 Å². The number of rotatable bonds is 4. The molecule has 3 rings (SSSR count). The molecule has 1 aliphatic heterocycles. The maximum absolute atomic E-state index is 11.2. The van der Waals surface area contributed by atoms with Crippen molar-refractivity contribution >= 4 is 5.82 Å². The van der Waals surface area contributed by atoms with Gasteiger partial charge in [-0.1, -0.05) is 30.3 Å². The molecule has 2 N–H and O–H groups in total. The third-order valence-corrected chi connectivity index (χ3v) is 3.55. The number of aromatic amines is 1. The van der Waals surface area contributed by atoms with Crippen molar-refractivity contribution in [2.75, 3.05) is 18.4 Å². The van der Waals surface area contributed by atoms with Crippen molar-refractivity contribution in [2.24, 2.45) is 0 Å². The Morgan fingerprint density at radius 3 is 3.00 bits per heavy atom. The topological polar surface area (TPSA) is 61.0 Å². The van der Waals surface area contributed by atoms with Gasteiger partial charge in [0.25, 0.3) is 5.56 Å². The number of hydrogen-bond acceptors (Lipinski definition) is 4. The normalized spacial score (nSPS) is 19.1. The molecule has 0 aliphatic carbocycles. The molecule has 2 heterocycles. The molecule has 104 valence electrons. The summed E-state index contributed by atoms with van der Waals surface area (Å²) in [7, 11) is 0. The van der Waals surface area contributed by atoms with Crippen LogP contribution in [0.1, 0.15) is 12.0 Å². The van der Waals surface area contributed by atoms with Crippen LogP contribution in [0.2, 0.25) is 0 Å². The van der Waals surface area contributed by atoms with E-state index in [4.69, 9.17) is 0 Å². The number of nitrogens with one attached hydrogen (secondary N) is 2. The molecule has 1 atom stereocenters. The van der Waals surface area contributed by atoms with Crippen LogP contribution in [-0.2, 0) is 6.54 Å². The lowest BCUT2D eigenvalue weighted by Gasteiger charge is -2.16. The molecule has 1 fully saturated rings. The predicted octanol–water partition coefficient (Wildman–Crippen LogP) is 1.46. The molecular weight excluding hydrogens is 252 g/mol. The van der Waals surface area contributed by atoms with Crippen LogP contribution in [0.3, 0.4) is 0 Å². The molecule has 1 unspecified atom stereocenters. The Labute approximate surface area is 117 Å². The van der Waals surface area contributed by atoms with E-state index in [2.05, 4.69) is 44.5 Å². The van der Waals surface area contributed by atoms with Gasteiger partial charge in [0.15, 0.2) is 0 Å². The molecule has 1 aliphatic rings. The van der Waals surface area contributed by atoms with Crippen LogP contribution < -0.4 is 10.9 Å². The van der Waals surface area contributed by atoms with Crippen molar-refractivity contribution < 1.29 is 0 Å². The van der Waals surface area contributed by atoms with Crippen LogP contribution in [0.25, 0.3) is 0 Å². The minimum Gasteiger partial charge on any atom is -0.366 e. The molecule has 1 aromatic heterocycles. The van der Waals surface area contributed by atoms with E-state index in [9.17, 15) is 4.79 Å². The second kappa shape index (κ2) is 5.88. The summed E-state index contributed by atoms with van der Waals surface area (Å²) < 4.78 is 0. The number of H-pyrrole nitrogens is 1. The molecule has 0 spiro atoms. The molecule has 1 aromatic carbocycles. The zero-order valence-electron chi connectivity index (χ0n) is 11.2. The fraction of sp³-hybridized carbons (Fsp3) is 0.333. The zero-order chi connectivity index (χ0) is 13.8. The van der Waals surface area contributed by atoms with E-state index in [1.54, 1.807) is 0 Å². The third kappa shape index (κ3) is 3.24. The Hall–Kier alpha value is -2.14. The van der Waals surface area contributed by atoms with Crippen molar-refractivity contribution in [1.29, 1.82) is 0 Å². The number of aromatic nitrogens is 2. The van der Waals surface area contributed by atoms with Gasteiger partial charge in [0.05, 0.1) is 6.33 Å². The van der Waals surface area contributed by atoms with Crippen molar-refractivity contribution in [3.8, 4) is 0 Å². The van der Waals surface area contributed by atoms with E-state index in [-0.39, 0.29) is 5.56 Å². The monoisotopic (exact) mass is 270 g/mol. The molecule has 0 bridgehead atoms. The molecule has 0 radical (unpaired) electrons. The summed E-state index contributed by atoms with van der Waals surface area (Å²) in [6.07, 6.45) is 2.50. The van der Waals surface area contributed by atoms with Crippen LogP contribution in [0.5, 0.6) is 0 Å². The summed E-state index contributed by atoms with van der Waals surface area (Å²) in [5.74, 6) is 0.653. The first kappa shape index (κ1) is 12.9. The van der Waals surface area contributed by atoms with Crippen molar-refractivity contribution in [2.45, 2.75) is 19.0 Å². The van der Waals surface area contributed by atoms with Crippen molar-refractivity contribution in [3.05, 3.63) is 58.6 Å². The number of nitrogens with zero attached hydrogens (tertiary/aromatic N) is 2.